The Morgan fingerprint density at radius 3 is 2.31 bits per heavy atom. The van der Waals surface area contributed by atoms with Crippen LogP contribution >= 0.6 is 11.6 Å². The smallest absolute Gasteiger partial charge is 0.273 e. The number of benzene rings is 1. The van der Waals surface area contributed by atoms with E-state index >= 15 is 0 Å². The topological polar surface area (TPSA) is 60.2 Å². The second-order valence-corrected chi connectivity index (χ2v) is 4.86. The number of nitrogens with zero attached hydrogens (tertiary/aromatic N) is 1. The third kappa shape index (κ3) is 2.58. The van der Waals surface area contributed by atoms with E-state index < -0.39 is 10.2 Å². The molecule has 0 aliphatic heterocycles. The summed E-state index contributed by atoms with van der Waals surface area (Å²) in [6.45, 7) is 5.62. The minimum absolute atomic E-state index is 0.0704. The molecule has 0 bridgehead atoms. The van der Waals surface area contributed by atoms with Crippen molar-refractivity contribution in [3.8, 4) is 0 Å². The highest BCUT2D eigenvalue weighted by Gasteiger charge is 2.25. The predicted octanol–water partition coefficient (Wildman–Crippen LogP) is 3.27. The van der Waals surface area contributed by atoms with Gasteiger partial charge in [0, 0.05) is 17.2 Å². The molecule has 0 saturated carbocycles. The molecular formula is C11H12ClNO3. The van der Waals surface area contributed by atoms with E-state index in [0.717, 1.165) is 0 Å². The van der Waals surface area contributed by atoms with Gasteiger partial charge in [0.15, 0.2) is 0 Å². The lowest BCUT2D eigenvalue weighted by atomic mass is 9.85. The van der Waals surface area contributed by atoms with Crippen LogP contribution in [-0.4, -0.2) is 10.2 Å². The molecule has 0 unspecified atom stereocenters. The van der Waals surface area contributed by atoms with Gasteiger partial charge in [-0.3, -0.25) is 14.9 Å². The maximum atomic E-state index is 10.9. The molecule has 4 nitrogen and oxygen atoms in total. The molecule has 0 fully saturated rings. The average molecular weight is 242 g/mol. The number of nitro groups is 1. The lowest BCUT2D eigenvalue weighted by molar-refractivity contribution is -0.386. The summed E-state index contributed by atoms with van der Waals surface area (Å²) < 4.78 is 0. The number of nitro benzene ring substituents is 1. The van der Waals surface area contributed by atoms with Crippen molar-refractivity contribution >= 4 is 22.5 Å². The Bertz CT molecular complexity index is 449. The van der Waals surface area contributed by atoms with E-state index in [1.807, 2.05) is 20.8 Å². The molecule has 0 atom stereocenters. The van der Waals surface area contributed by atoms with Gasteiger partial charge in [0.2, 0.25) is 0 Å². The van der Waals surface area contributed by atoms with Crippen LogP contribution in [0, 0.1) is 10.1 Å². The summed E-state index contributed by atoms with van der Waals surface area (Å²) in [5.41, 5.74) is 0.301. The fraction of sp³-hybridized carbons (Fsp3) is 0.364. The van der Waals surface area contributed by atoms with Crippen molar-refractivity contribution < 1.29 is 9.72 Å². The number of hydrogen-bond donors (Lipinski definition) is 0. The zero-order valence-electron chi connectivity index (χ0n) is 9.28. The highest BCUT2D eigenvalue weighted by molar-refractivity contribution is 6.67. The summed E-state index contributed by atoms with van der Waals surface area (Å²) in [7, 11) is 0. The number of carbonyl (C=O) groups is 1. The fourth-order valence-corrected chi connectivity index (χ4v) is 1.56. The zero-order chi connectivity index (χ0) is 12.5. The molecular weight excluding hydrogens is 230 g/mol. The minimum Gasteiger partial charge on any atom is -0.276 e. The Kier molecular flexibility index (Phi) is 3.33. The Morgan fingerprint density at radius 2 is 1.94 bits per heavy atom. The molecule has 0 amide bonds. The van der Waals surface area contributed by atoms with Crippen LogP contribution in [0.2, 0.25) is 0 Å². The van der Waals surface area contributed by atoms with E-state index in [-0.39, 0.29) is 16.7 Å². The SMILES string of the molecule is CC(C)(C)c1ccc(C(=O)Cl)cc1[N+](=O)[O-]. The number of carbonyl (C=O) groups excluding carboxylic acids is 1. The second kappa shape index (κ2) is 4.22. The molecule has 0 heterocycles. The van der Waals surface area contributed by atoms with Crippen LogP contribution in [0.3, 0.4) is 0 Å². The average Bonchev–Trinajstić information content (AvgIpc) is 2.15. The van der Waals surface area contributed by atoms with Gasteiger partial charge < -0.3 is 0 Å². The molecule has 0 spiro atoms. The lowest BCUT2D eigenvalue weighted by Gasteiger charge is -2.18. The van der Waals surface area contributed by atoms with E-state index in [9.17, 15) is 14.9 Å². The van der Waals surface area contributed by atoms with Crippen molar-refractivity contribution in [1.29, 1.82) is 0 Å². The second-order valence-electron chi connectivity index (χ2n) is 4.51. The van der Waals surface area contributed by atoms with E-state index in [1.54, 1.807) is 6.07 Å². The first-order valence-electron chi connectivity index (χ1n) is 4.72. The molecule has 1 rings (SSSR count). The van der Waals surface area contributed by atoms with E-state index in [4.69, 9.17) is 11.6 Å². The van der Waals surface area contributed by atoms with Crippen molar-refractivity contribution in [3.05, 3.63) is 39.4 Å². The first kappa shape index (κ1) is 12.6. The fourth-order valence-electron chi connectivity index (χ4n) is 1.44. The molecule has 0 aliphatic carbocycles. The number of hydrogen-bond acceptors (Lipinski definition) is 3. The molecule has 86 valence electrons. The first-order chi connectivity index (χ1) is 7.23. The molecule has 1 aromatic carbocycles. The van der Waals surface area contributed by atoms with Crippen LogP contribution < -0.4 is 0 Å². The van der Waals surface area contributed by atoms with E-state index in [1.165, 1.54) is 12.1 Å². The van der Waals surface area contributed by atoms with Crippen molar-refractivity contribution in [1.82, 2.24) is 0 Å². The van der Waals surface area contributed by atoms with Crippen LogP contribution in [0.15, 0.2) is 18.2 Å². The Hall–Kier alpha value is -1.42. The lowest BCUT2D eigenvalue weighted by Crippen LogP contribution is -2.14. The van der Waals surface area contributed by atoms with E-state index in [0.29, 0.717) is 5.56 Å². The van der Waals surface area contributed by atoms with Gasteiger partial charge in [-0.25, -0.2) is 0 Å². The maximum Gasteiger partial charge on any atom is 0.273 e. The van der Waals surface area contributed by atoms with Gasteiger partial charge in [-0.2, -0.15) is 0 Å². The zero-order valence-corrected chi connectivity index (χ0v) is 10.0. The summed E-state index contributed by atoms with van der Waals surface area (Å²) in [5.74, 6) is 0. The Labute approximate surface area is 98.4 Å². The Morgan fingerprint density at radius 1 is 1.38 bits per heavy atom. The molecule has 5 heteroatoms. The molecule has 0 radical (unpaired) electrons. The highest BCUT2D eigenvalue weighted by Crippen LogP contribution is 2.32. The summed E-state index contributed by atoms with van der Waals surface area (Å²) >= 11 is 5.28. The van der Waals surface area contributed by atoms with Crippen LogP contribution in [0.25, 0.3) is 0 Å². The predicted molar refractivity (Wildman–Crippen MR) is 62.0 cm³/mol. The third-order valence-corrected chi connectivity index (χ3v) is 2.45. The molecule has 0 N–H and O–H groups in total. The van der Waals surface area contributed by atoms with Crippen molar-refractivity contribution in [3.63, 3.8) is 0 Å². The summed E-state index contributed by atoms with van der Waals surface area (Å²) in [6, 6.07) is 4.30. The largest absolute Gasteiger partial charge is 0.276 e. The molecule has 16 heavy (non-hydrogen) atoms. The first-order valence-corrected chi connectivity index (χ1v) is 5.10. The van der Waals surface area contributed by atoms with Gasteiger partial charge in [-0.1, -0.05) is 26.8 Å². The van der Waals surface area contributed by atoms with Gasteiger partial charge >= 0.3 is 0 Å². The van der Waals surface area contributed by atoms with Crippen LogP contribution in [0.4, 0.5) is 5.69 Å². The molecule has 0 aliphatic rings. The molecule has 0 aromatic heterocycles. The van der Waals surface area contributed by atoms with Crippen molar-refractivity contribution in [2.75, 3.05) is 0 Å². The third-order valence-electron chi connectivity index (χ3n) is 2.23. The summed E-state index contributed by atoms with van der Waals surface area (Å²) in [4.78, 5) is 21.3. The minimum atomic E-state index is -0.691. The molecule has 0 saturated heterocycles. The van der Waals surface area contributed by atoms with Crippen LogP contribution in [-0.2, 0) is 5.41 Å². The van der Waals surface area contributed by atoms with Gasteiger partial charge in [0.1, 0.15) is 0 Å². The van der Waals surface area contributed by atoms with Gasteiger partial charge in [-0.05, 0) is 23.1 Å². The highest BCUT2D eigenvalue weighted by atomic mass is 35.5. The van der Waals surface area contributed by atoms with Crippen LogP contribution in [0.5, 0.6) is 0 Å². The van der Waals surface area contributed by atoms with Gasteiger partial charge in [0.05, 0.1) is 4.92 Å². The summed E-state index contributed by atoms with van der Waals surface area (Å²) in [5, 5.41) is 10.2. The van der Waals surface area contributed by atoms with Gasteiger partial charge in [-0.15, -0.1) is 0 Å². The van der Waals surface area contributed by atoms with Crippen molar-refractivity contribution in [2.45, 2.75) is 26.2 Å². The number of halogens is 1. The standard InChI is InChI=1S/C11H12ClNO3/c1-11(2,3)8-5-4-7(10(12)14)6-9(8)13(15)16/h4-6H,1-3H3. The Balaban J connectivity index is 3.43. The maximum absolute atomic E-state index is 10.9. The monoisotopic (exact) mass is 241 g/mol. The molecule has 1 aromatic rings. The quantitative estimate of drug-likeness (QED) is 0.454. The normalized spacial score (nSPS) is 11.2. The van der Waals surface area contributed by atoms with E-state index in [2.05, 4.69) is 0 Å². The van der Waals surface area contributed by atoms with Gasteiger partial charge in [0.25, 0.3) is 10.9 Å². The van der Waals surface area contributed by atoms with Crippen molar-refractivity contribution in [2.24, 2.45) is 0 Å². The number of rotatable bonds is 2. The van der Waals surface area contributed by atoms with Crippen LogP contribution in [0.1, 0.15) is 36.7 Å². The summed E-state index contributed by atoms with van der Waals surface area (Å²) in [6.07, 6.45) is 0.